The Morgan fingerprint density at radius 1 is 1.19 bits per heavy atom. The molecule has 0 atom stereocenters. The lowest BCUT2D eigenvalue weighted by molar-refractivity contribution is -0.131. The number of aliphatic hydroxyl groups excluding tert-OH is 1. The highest BCUT2D eigenvalue weighted by molar-refractivity contribution is 7.99. The highest BCUT2D eigenvalue weighted by Gasteiger charge is 2.06. The van der Waals surface area contributed by atoms with Crippen molar-refractivity contribution in [1.82, 2.24) is 4.98 Å². The number of carboxylic acids is 1. The maximum absolute atomic E-state index is 10.8. The summed E-state index contributed by atoms with van der Waals surface area (Å²) in [5.74, 6) is 0.224. The maximum atomic E-state index is 10.8. The minimum absolute atomic E-state index is 0.0966. The van der Waals surface area contributed by atoms with Gasteiger partial charge in [-0.2, -0.15) is 0 Å². The Morgan fingerprint density at radius 3 is 2.63 bits per heavy atom. The summed E-state index contributed by atoms with van der Waals surface area (Å²) in [6.07, 6.45) is 5.20. The lowest BCUT2D eigenvalue weighted by Crippen LogP contribution is -2.01. The molecule has 0 unspecified atom stereocenters. The van der Waals surface area contributed by atoms with Gasteiger partial charge in [0.05, 0.1) is 24.7 Å². The van der Waals surface area contributed by atoms with Gasteiger partial charge in [-0.25, -0.2) is 9.78 Å². The Kier molecular flexibility index (Phi) is 8.67. The molecule has 7 heteroatoms. The molecule has 0 saturated carbocycles. The van der Waals surface area contributed by atoms with Gasteiger partial charge in [0.25, 0.3) is 0 Å². The lowest BCUT2D eigenvalue weighted by Gasteiger charge is -2.10. The minimum atomic E-state index is -1.05. The van der Waals surface area contributed by atoms with Gasteiger partial charge in [-0.05, 0) is 55.2 Å². The van der Waals surface area contributed by atoms with Gasteiger partial charge in [-0.15, -0.1) is 0 Å². The second kappa shape index (κ2) is 11.3. The highest BCUT2D eigenvalue weighted by Crippen LogP contribution is 2.24. The van der Waals surface area contributed by atoms with Crippen molar-refractivity contribution in [2.24, 2.45) is 0 Å². The number of pyridine rings is 1. The van der Waals surface area contributed by atoms with E-state index in [0.717, 1.165) is 42.8 Å². The van der Waals surface area contributed by atoms with Gasteiger partial charge >= 0.3 is 5.97 Å². The van der Waals surface area contributed by atoms with Crippen LogP contribution in [0.2, 0.25) is 0 Å². The summed E-state index contributed by atoms with van der Waals surface area (Å²) in [7, 11) is 1.65. The molecule has 6 nitrogen and oxygen atoms in total. The summed E-state index contributed by atoms with van der Waals surface area (Å²) < 4.78 is 10.9. The number of benzene rings is 1. The Hall–Kier alpha value is -2.51. The summed E-state index contributed by atoms with van der Waals surface area (Å²) in [4.78, 5) is 15.1. The monoisotopic (exact) mass is 389 g/mol. The van der Waals surface area contributed by atoms with Crippen LogP contribution in [0.15, 0.2) is 47.5 Å². The SMILES string of the molecule is COc1ccc(CCCCOc2ccc(SCO)nc2C=CC(=O)O)cc1. The van der Waals surface area contributed by atoms with Gasteiger partial charge in [-0.3, -0.25) is 0 Å². The lowest BCUT2D eigenvalue weighted by atomic mass is 10.1. The molecule has 0 amide bonds. The number of hydrogen-bond acceptors (Lipinski definition) is 6. The quantitative estimate of drug-likeness (QED) is 0.262. The van der Waals surface area contributed by atoms with Crippen molar-refractivity contribution in [3.8, 4) is 11.5 Å². The average Bonchev–Trinajstić information content (AvgIpc) is 2.68. The molecule has 0 aliphatic rings. The number of ether oxygens (including phenoxy) is 2. The van der Waals surface area contributed by atoms with Crippen LogP contribution in [0.3, 0.4) is 0 Å². The number of aryl methyl sites for hydroxylation is 1. The van der Waals surface area contributed by atoms with Gasteiger partial charge < -0.3 is 19.7 Å². The van der Waals surface area contributed by atoms with Gasteiger partial charge in [-0.1, -0.05) is 23.9 Å². The molecule has 0 radical (unpaired) electrons. The predicted molar refractivity (Wildman–Crippen MR) is 105 cm³/mol. The number of rotatable bonds is 11. The minimum Gasteiger partial charge on any atom is -0.497 e. The Balaban J connectivity index is 1.87. The number of thioether (sulfide) groups is 1. The zero-order valence-corrected chi connectivity index (χ0v) is 15.9. The Morgan fingerprint density at radius 2 is 1.96 bits per heavy atom. The second-order valence-electron chi connectivity index (χ2n) is 5.63. The number of aliphatic carboxylic acids is 1. The number of nitrogens with zero attached hydrogens (tertiary/aromatic N) is 1. The van der Waals surface area contributed by atoms with Crippen LogP contribution in [0.4, 0.5) is 0 Å². The fourth-order valence-corrected chi connectivity index (χ4v) is 2.85. The van der Waals surface area contributed by atoms with Crippen molar-refractivity contribution >= 4 is 23.8 Å². The van der Waals surface area contributed by atoms with E-state index in [1.165, 1.54) is 11.6 Å². The molecule has 0 saturated heterocycles. The van der Waals surface area contributed by atoms with Crippen molar-refractivity contribution in [3.63, 3.8) is 0 Å². The van der Waals surface area contributed by atoms with E-state index in [4.69, 9.17) is 19.7 Å². The first-order valence-corrected chi connectivity index (χ1v) is 9.52. The molecule has 1 aromatic carbocycles. The van der Waals surface area contributed by atoms with Crippen LogP contribution >= 0.6 is 11.8 Å². The van der Waals surface area contributed by atoms with E-state index >= 15 is 0 Å². The van der Waals surface area contributed by atoms with E-state index in [2.05, 4.69) is 17.1 Å². The van der Waals surface area contributed by atoms with E-state index in [9.17, 15) is 4.79 Å². The van der Waals surface area contributed by atoms with Crippen molar-refractivity contribution in [1.29, 1.82) is 0 Å². The topological polar surface area (TPSA) is 88.9 Å². The number of aromatic nitrogens is 1. The summed E-state index contributed by atoms with van der Waals surface area (Å²) in [6.45, 7) is 0.512. The van der Waals surface area contributed by atoms with E-state index in [-0.39, 0.29) is 5.94 Å². The molecule has 0 aliphatic heterocycles. The van der Waals surface area contributed by atoms with E-state index in [1.807, 2.05) is 12.1 Å². The highest BCUT2D eigenvalue weighted by atomic mass is 32.2. The van der Waals surface area contributed by atoms with Gasteiger partial charge in [0, 0.05) is 6.08 Å². The number of unbranched alkanes of at least 4 members (excludes halogenated alkanes) is 1. The zero-order valence-electron chi connectivity index (χ0n) is 15.1. The molecule has 2 rings (SSSR count). The number of methoxy groups -OCH3 is 1. The molecule has 144 valence electrons. The maximum Gasteiger partial charge on any atom is 0.328 e. The third-order valence-corrected chi connectivity index (χ3v) is 4.39. The van der Waals surface area contributed by atoms with Crippen LogP contribution in [-0.2, 0) is 11.2 Å². The van der Waals surface area contributed by atoms with Gasteiger partial charge in [0.15, 0.2) is 0 Å². The molecule has 2 N–H and O–H groups in total. The fourth-order valence-electron chi connectivity index (χ4n) is 2.39. The van der Waals surface area contributed by atoms with Crippen molar-refractivity contribution < 1.29 is 24.5 Å². The summed E-state index contributed by atoms with van der Waals surface area (Å²) >= 11 is 1.16. The molecule has 1 heterocycles. The van der Waals surface area contributed by atoms with Crippen molar-refractivity contribution in [3.05, 3.63) is 53.7 Å². The second-order valence-corrected chi connectivity index (χ2v) is 6.60. The number of hydrogen-bond donors (Lipinski definition) is 2. The Labute approximate surface area is 162 Å². The van der Waals surface area contributed by atoms with Crippen molar-refractivity contribution in [2.75, 3.05) is 19.7 Å². The first-order chi connectivity index (χ1) is 13.1. The normalized spacial score (nSPS) is 10.9. The number of carbonyl (C=O) groups is 1. The first kappa shape index (κ1) is 20.8. The van der Waals surface area contributed by atoms with Crippen molar-refractivity contribution in [2.45, 2.75) is 24.3 Å². The third-order valence-electron chi connectivity index (χ3n) is 3.73. The van der Waals surface area contributed by atoms with E-state index in [1.54, 1.807) is 19.2 Å². The molecule has 0 fully saturated rings. The predicted octanol–water partition coefficient (Wildman–Crippen LogP) is 3.63. The van der Waals surface area contributed by atoms with E-state index < -0.39 is 5.97 Å². The van der Waals surface area contributed by atoms with Crippen LogP contribution in [0.1, 0.15) is 24.1 Å². The third kappa shape index (κ3) is 7.32. The van der Waals surface area contributed by atoms with Crippen LogP contribution in [0, 0.1) is 0 Å². The molecular formula is C20H23NO5S. The molecule has 0 aliphatic carbocycles. The van der Waals surface area contributed by atoms with Gasteiger partial charge in [0.2, 0.25) is 0 Å². The number of aliphatic hydroxyl groups is 1. The standard InChI is InChI=1S/C20H23NO5S/c1-25-16-7-5-15(6-8-16)4-2-3-13-26-18-10-11-19(27-14-22)21-17(18)9-12-20(23)24/h5-12,22H,2-4,13-14H2,1H3,(H,23,24). The van der Waals surface area contributed by atoms with E-state index in [0.29, 0.717) is 23.1 Å². The fraction of sp³-hybridized carbons (Fsp3) is 0.300. The van der Waals surface area contributed by atoms with Crippen LogP contribution < -0.4 is 9.47 Å². The smallest absolute Gasteiger partial charge is 0.328 e. The zero-order chi connectivity index (χ0) is 19.5. The summed E-state index contributed by atoms with van der Waals surface area (Å²) in [5, 5.41) is 18.4. The largest absolute Gasteiger partial charge is 0.497 e. The molecule has 0 bridgehead atoms. The number of carboxylic acid groups (broad SMARTS) is 1. The molecule has 0 spiro atoms. The van der Waals surface area contributed by atoms with Crippen LogP contribution in [-0.4, -0.2) is 40.8 Å². The van der Waals surface area contributed by atoms with Crippen LogP contribution in [0.25, 0.3) is 6.08 Å². The average molecular weight is 389 g/mol. The molecule has 27 heavy (non-hydrogen) atoms. The van der Waals surface area contributed by atoms with Gasteiger partial charge in [0.1, 0.15) is 17.2 Å². The Bertz CT molecular complexity index is 761. The van der Waals surface area contributed by atoms with Crippen LogP contribution in [0.5, 0.6) is 11.5 Å². The summed E-state index contributed by atoms with van der Waals surface area (Å²) in [5.41, 5.74) is 1.68. The molecular weight excluding hydrogens is 366 g/mol. The summed E-state index contributed by atoms with van der Waals surface area (Å²) in [6, 6.07) is 11.5. The molecule has 2 aromatic rings. The first-order valence-electron chi connectivity index (χ1n) is 8.54. The molecule has 1 aromatic heterocycles.